The summed E-state index contributed by atoms with van der Waals surface area (Å²) in [7, 11) is 2.11. The van der Waals surface area contributed by atoms with E-state index < -0.39 is 0 Å². The normalized spacial score (nSPS) is 11.0. The Kier molecular flexibility index (Phi) is 9.72. The smallest absolute Gasteiger partial charge is 0.120 e. The molecule has 0 radical (unpaired) electrons. The third-order valence-corrected chi connectivity index (χ3v) is 3.66. The summed E-state index contributed by atoms with van der Waals surface area (Å²) in [4.78, 5) is 2.26. The molecule has 0 saturated carbocycles. The van der Waals surface area contributed by atoms with Gasteiger partial charge in [-0.05, 0) is 57.2 Å². The summed E-state index contributed by atoms with van der Waals surface area (Å²) < 4.78 is 5.91. The highest BCUT2D eigenvalue weighted by atomic mass is 35.5. The largest absolute Gasteiger partial charge is 0.489 e. The number of halogens is 1. The highest BCUT2D eigenvalue weighted by molar-refractivity contribution is 5.85. The fraction of sp³-hybridized carbons (Fsp3) is 0.333. The van der Waals surface area contributed by atoms with Crippen LogP contribution < -0.4 is 4.74 Å². The van der Waals surface area contributed by atoms with E-state index in [9.17, 15) is 0 Å². The van der Waals surface area contributed by atoms with Gasteiger partial charge < -0.3 is 4.74 Å². The highest BCUT2D eigenvalue weighted by Crippen LogP contribution is 2.16. The van der Waals surface area contributed by atoms with Crippen LogP contribution in [0.1, 0.15) is 31.9 Å². The van der Waals surface area contributed by atoms with Gasteiger partial charge in [0.05, 0.1) is 0 Å². The number of likely N-dealkylation sites (N-methyl/N-ethyl adjacent to an activating group) is 1. The number of hydrogen-bond donors (Lipinski definition) is 0. The van der Waals surface area contributed by atoms with Gasteiger partial charge in [-0.15, -0.1) is 12.4 Å². The molecular formula is C24H30ClNO. The summed E-state index contributed by atoms with van der Waals surface area (Å²) in [6.45, 7) is 8.69. The Bertz CT molecular complexity index is 766. The Hall–Kier alpha value is -2.21. The second kappa shape index (κ2) is 11.5. The third-order valence-electron chi connectivity index (χ3n) is 3.66. The lowest BCUT2D eigenvalue weighted by molar-refractivity contribution is 0.304. The zero-order chi connectivity index (χ0) is 18.8. The van der Waals surface area contributed by atoms with E-state index in [4.69, 9.17) is 4.74 Å². The third kappa shape index (κ3) is 9.89. The minimum absolute atomic E-state index is 0. The lowest BCUT2D eigenvalue weighted by Gasteiger charge is -2.15. The molecule has 0 unspecified atom stereocenters. The van der Waals surface area contributed by atoms with Gasteiger partial charge in [0.1, 0.15) is 12.4 Å². The van der Waals surface area contributed by atoms with Gasteiger partial charge in [0.15, 0.2) is 0 Å². The average Bonchev–Trinajstić information content (AvgIpc) is 2.60. The van der Waals surface area contributed by atoms with Gasteiger partial charge in [0.2, 0.25) is 0 Å². The summed E-state index contributed by atoms with van der Waals surface area (Å²) in [5, 5.41) is 0. The van der Waals surface area contributed by atoms with E-state index in [1.54, 1.807) is 0 Å². The monoisotopic (exact) mass is 383 g/mol. The molecule has 0 bridgehead atoms. The standard InChI is InChI=1S/C24H29NO.ClH/c1-24(2,3)16-9-6-10-17-25(4)19-22-14-11-15-23(18-22)26-20-21-12-7-5-8-13-21;/h5-8,10-15,18H,17,19-20H2,1-4H3;1H. The van der Waals surface area contributed by atoms with E-state index in [0.29, 0.717) is 6.61 Å². The predicted octanol–water partition coefficient (Wildman–Crippen LogP) is 5.72. The Labute approximate surface area is 170 Å². The van der Waals surface area contributed by atoms with E-state index in [1.807, 2.05) is 36.4 Å². The van der Waals surface area contributed by atoms with Gasteiger partial charge in [-0.25, -0.2) is 0 Å². The average molecular weight is 384 g/mol. The second-order valence-electron chi connectivity index (χ2n) is 7.54. The SMILES string of the molecule is CN(CC=CC#CC(C)(C)C)Cc1cccc(OCc2ccccc2)c1.Cl. The van der Waals surface area contributed by atoms with Crippen molar-refractivity contribution in [2.45, 2.75) is 33.9 Å². The predicted molar refractivity (Wildman–Crippen MR) is 117 cm³/mol. The first kappa shape index (κ1) is 22.8. The molecule has 0 aromatic heterocycles. The number of benzene rings is 2. The molecule has 0 aliphatic heterocycles. The molecule has 2 nitrogen and oxygen atoms in total. The van der Waals surface area contributed by atoms with Crippen LogP contribution in [0.15, 0.2) is 66.7 Å². The lowest BCUT2D eigenvalue weighted by atomic mass is 9.98. The van der Waals surface area contributed by atoms with Crippen molar-refractivity contribution in [1.82, 2.24) is 4.90 Å². The first-order chi connectivity index (χ1) is 12.4. The quantitative estimate of drug-likeness (QED) is 0.566. The Morgan fingerprint density at radius 2 is 1.70 bits per heavy atom. The molecule has 0 aliphatic carbocycles. The molecule has 2 rings (SSSR count). The van der Waals surface area contributed by atoms with Gasteiger partial charge in [0.25, 0.3) is 0 Å². The Morgan fingerprint density at radius 1 is 1.00 bits per heavy atom. The second-order valence-corrected chi connectivity index (χ2v) is 7.54. The molecule has 0 spiro atoms. The van der Waals surface area contributed by atoms with Gasteiger partial charge in [0, 0.05) is 18.5 Å². The van der Waals surface area contributed by atoms with Crippen LogP contribution >= 0.6 is 12.4 Å². The highest BCUT2D eigenvalue weighted by Gasteiger charge is 2.03. The van der Waals surface area contributed by atoms with Crippen molar-refractivity contribution in [3.63, 3.8) is 0 Å². The Morgan fingerprint density at radius 3 is 2.41 bits per heavy atom. The van der Waals surface area contributed by atoms with E-state index in [2.05, 4.69) is 74.9 Å². The minimum Gasteiger partial charge on any atom is -0.489 e. The molecule has 27 heavy (non-hydrogen) atoms. The molecule has 0 atom stereocenters. The van der Waals surface area contributed by atoms with Gasteiger partial charge in [-0.3, -0.25) is 4.90 Å². The summed E-state index contributed by atoms with van der Waals surface area (Å²) in [6.07, 6.45) is 4.05. The molecule has 0 saturated heterocycles. The maximum atomic E-state index is 5.91. The van der Waals surface area contributed by atoms with Crippen molar-refractivity contribution in [3.05, 3.63) is 77.9 Å². The minimum atomic E-state index is 0. The fourth-order valence-corrected chi connectivity index (χ4v) is 2.40. The van der Waals surface area contributed by atoms with E-state index in [-0.39, 0.29) is 17.8 Å². The van der Waals surface area contributed by atoms with Crippen LogP contribution in [-0.4, -0.2) is 18.5 Å². The van der Waals surface area contributed by atoms with E-state index >= 15 is 0 Å². The molecule has 0 fully saturated rings. The maximum absolute atomic E-state index is 5.91. The van der Waals surface area contributed by atoms with Crippen molar-refractivity contribution in [2.24, 2.45) is 5.41 Å². The van der Waals surface area contributed by atoms with Crippen LogP contribution in [0.3, 0.4) is 0 Å². The fourth-order valence-electron chi connectivity index (χ4n) is 2.40. The van der Waals surface area contributed by atoms with Crippen molar-refractivity contribution < 1.29 is 4.74 Å². The van der Waals surface area contributed by atoms with Crippen molar-refractivity contribution in [1.29, 1.82) is 0 Å². The van der Waals surface area contributed by atoms with E-state index in [0.717, 1.165) is 18.8 Å². The van der Waals surface area contributed by atoms with Crippen LogP contribution in [0.5, 0.6) is 5.75 Å². The zero-order valence-electron chi connectivity index (χ0n) is 16.7. The maximum Gasteiger partial charge on any atom is 0.120 e. The van der Waals surface area contributed by atoms with E-state index in [1.165, 1.54) is 11.1 Å². The van der Waals surface area contributed by atoms with Gasteiger partial charge in [-0.2, -0.15) is 0 Å². The molecular weight excluding hydrogens is 354 g/mol. The van der Waals surface area contributed by atoms with Crippen LogP contribution in [0.2, 0.25) is 0 Å². The Balaban J connectivity index is 0.00000364. The molecule has 0 amide bonds. The molecule has 0 heterocycles. The molecule has 0 N–H and O–H groups in total. The first-order valence-electron chi connectivity index (χ1n) is 9.04. The van der Waals surface area contributed by atoms with Crippen molar-refractivity contribution >= 4 is 12.4 Å². The number of nitrogens with zero attached hydrogens (tertiary/aromatic N) is 1. The van der Waals surface area contributed by atoms with Crippen LogP contribution in [-0.2, 0) is 13.2 Å². The summed E-state index contributed by atoms with van der Waals surface area (Å²) in [5.74, 6) is 7.23. The summed E-state index contributed by atoms with van der Waals surface area (Å²) >= 11 is 0. The molecule has 144 valence electrons. The lowest BCUT2D eigenvalue weighted by Crippen LogP contribution is -2.17. The summed E-state index contributed by atoms with van der Waals surface area (Å²) in [6, 6.07) is 18.5. The molecule has 3 heteroatoms. The molecule has 0 aliphatic rings. The number of hydrogen-bond acceptors (Lipinski definition) is 2. The van der Waals surface area contributed by atoms with Gasteiger partial charge in [-0.1, -0.05) is 60.4 Å². The number of ether oxygens (including phenoxy) is 1. The topological polar surface area (TPSA) is 12.5 Å². The van der Waals surface area contributed by atoms with Crippen LogP contribution in [0.25, 0.3) is 0 Å². The van der Waals surface area contributed by atoms with Crippen LogP contribution in [0, 0.1) is 17.3 Å². The number of allylic oxidation sites excluding steroid dienone is 1. The molecule has 2 aromatic rings. The van der Waals surface area contributed by atoms with Crippen molar-refractivity contribution in [3.8, 4) is 17.6 Å². The molecule has 2 aromatic carbocycles. The number of rotatable bonds is 7. The summed E-state index contributed by atoms with van der Waals surface area (Å²) in [5.41, 5.74) is 2.47. The van der Waals surface area contributed by atoms with Crippen LogP contribution in [0.4, 0.5) is 0 Å². The van der Waals surface area contributed by atoms with Crippen molar-refractivity contribution in [2.75, 3.05) is 13.6 Å². The first-order valence-corrected chi connectivity index (χ1v) is 9.04. The zero-order valence-corrected chi connectivity index (χ0v) is 17.6. The van der Waals surface area contributed by atoms with Gasteiger partial charge >= 0.3 is 0 Å².